The van der Waals surface area contributed by atoms with Crippen LogP contribution in [0.25, 0.3) is 10.8 Å². The van der Waals surface area contributed by atoms with Gasteiger partial charge in [-0.1, -0.05) is 17.2 Å². The first-order chi connectivity index (χ1) is 13.2. The molecule has 0 spiro atoms. The average Bonchev–Trinajstić information content (AvgIpc) is 2.64. The molecule has 0 aliphatic carbocycles. The molecular formula is C17H12O9S2. The summed E-state index contributed by atoms with van der Waals surface area (Å²) in [7, 11) is -4.70. The summed E-state index contributed by atoms with van der Waals surface area (Å²) in [6.07, 6.45) is 0. The monoisotopic (exact) mass is 424 g/mol. The fraction of sp³-hybridized carbons (Fsp3) is 0. The Kier molecular flexibility index (Phi) is 5.56. The van der Waals surface area contributed by atoms with Gasteiger partial charge in [0.25, 0.3) is 10.1 Å². The van der Waals surface area contributed by atoms with E-state index in [1.165, 1.54) is 42.5 Å². The van der Waals surface area contributed by atoms with Crippen LogP contribution in [0.5, 0.6) is 11.5 Å². The molecule has 0 aromatic heterocycles. The Morgan fingerprint density at radius 3 is 2.29 bits per heavy atom. The van der Waals surface area contributed by atoms with Crippen molar-refractivity contribution < 1.29 is 42.6 Å². The van der Waals surface area contributed by atoms with E-state index >= 15 is 0 Å². The molecule has 28 heavy (non-hydrogen) atoms. The third-order valence-electron chi connectivity index (χ3n) is 3.83. The molecule has 0 aliphatic rings. The molecule has 3 aromatic rings. The van der Waals surface area contributed by atoms with Gasteiger partial charge in [0, 0.05) is 15.8 Å². The fourth-order valence-corrected chi connectivity index (χ4v) is 3.82. The predicted octanol–water partition coefficient (Wildman–Crippen LogP) is 3.16. The normalized spacial score (nSPS) is 11.6. The standard InChI is InChI=1S/C17H12O9S2/c18-13-2-1-3-14(19)16(13)17(20)10-6-9-7-11(27-26-25-21)4-5-12(9)15(8-10)28(22,23)24/h1-8,18-19,21H,(H,22,23,24). The van der Waals surface area contributed by atoms with Gasteiger partial charge in [-0.25, -0.2) is 5.26 Å². The van der Waals surface area contributed by atoms with Crippen LogP contribution in [-0.4, -0.2) is 34.2 Å². The van der Waals surface area contributed by atoms with Crippen LogP contribution in [0.3, 0.4) is 0 Å². The van der Waals surface area contributed by atoms with E-state index in [-0.39, 0.29) is 16.3 Å². The number of carbonyl (C=O) groups excluding carboxylic acids is 1. The molecule has 9 nitrogen and oxygen atoms in total. The molecule has 0 aliphatic heterocycles. The minimum absolute atomic E-state index is 0.120. The van der Waals surface area contributed by atoms with E-state index in [2.05, 4.69) is 9.37 Å². The molecule has 0 amide bonds. The number of ketones is 1. The van der Waals surface area contributed by atoms with Crippen molar-refractivity contribution in [3.05, 3.63) is 59.7 Å². The lowest BCUT2D eigenvalue weighted by molar-refractivity contribution is -0.432. The van der Waals surface area contributed by atoms with Crippen LogP contribution in [0.1, 0.15) is 15.9 Å². The maximum Gasteiger partial charge on any atom is 0.295 e. The molecule has 0 atom stereocenters. The van der Waals surface area contributed by atoms with Crippen molar-refractivity contribution in [1.29, 1.82) is 0 Å². The Morgan fingerprint density at radius 2 is 1.68 bits per heavy atom. The zero-order chi connectivity index (χ0) is 20.5. The number of phenols is 2. The third kappa shape index (κ3) is 3.94. The van der Waals surface area contributed by atoms with Crippen LogP contribution in [0, 0.1) is 0 Å². The quantitative estimate of drug-likeness (QED) is 0.153. The number of fused-ring (bicyclic) bond motifs is 1. The van der Waals surface area contributed by atoms with Gasteiger partial charge in [-0.3, -0.25) is 9.35 Å². The van der Waals surface area contributed by atoms with Gasteiger partial charge in [0.15, 0.2) is 0 Å². The summed E-state index contributed by atoms with van der Waals surface area (Å²) in [5.74, 6) is -1.83. The lowest BCUT2D eigenvalue weighted by Crippen LogP contribution is -2.06. The Balaban J connectivity index is 2.23. The minimum Gasteiger partial charge on any atom is -0.507 e. The number of hydrogen-bond donors (Lipinski definition) is 4. The highest BCUT2D eigenvalue weighted by Crippen LogP contribution is 2.33. The maximum absolute atomic E-state index is 12.8. The van der Waals surface area contributed by atoms with E-state index in [4.69, 9.17) is 5.26 Å². The van der Waals surface area contributed by atoms with Crippen LogP contribution >= 0.6 is 12.0 Å². The molecular weight excluding hydrogens is 412 g/mol. The van der Waals surface area contributed by atoms with Crippen LogP contribution in [-0.2, 0) is 19.5 Å². The number of phenolic OH excluding ortho intramolecular Hbond substituents is 2. The second-order valence-corrected chi connectivity index (χ2v) is 7.72. The van der Waals surface area contributed by atoms with E-state index < -0.39 is 37.9 Å². The predicted molar refractivity (Wildman–Crippen MR) is 97.6 cm³/mol. The lowest BCUT2D eigenvalue weighted by Gasteiger charge is -2.11. The molecule has 0 heterocycles. The Morgan fingerprint density at radius 1 is 1.00 bits per heavy atom. The molecule has 4 N–H and O–H groups in total. The van der Waals surface area contributed by atoms with Crippen molar-refractivity contribution in [2.45, 2.75) is 9.79 Å². The first-order valence-corrected chi connectivity index (χ1v) is 9.66. The van der Waals surface area contributed by atoms with Gasteiger partial charge in [-0.2, -0.15) is 8.42 Å². The van der Waals surface area contributed by atoms with Gasteiger partial charge >= 0.3 is 0 Å². The molecule has 0 radical (unpaired) electrons. The minimum atomic E-state index is -4.70. The summed E-state index contributed by atoms with van der Waals surface area (Å²) < 4.78 is 37.5. The molecule has 0 bridgehead atoms. The number of aromatic hydroxyl groups is 2. The van der Waals surface area contributed by atoms with Crippen LogP contribution in [0.15, 0.2) is 58.3 Å². The molecule has 11 heteroatoms. The van der Waals surface area contributed by atoms with Gasteiger partial charge in [-0.15, -0.1) is 4.33 Å². The lowest BCUT2D eigenvalue weighted by atomic mass is 9.98. The Bertz CT molecular complexity index is 1150. The molecule has 0 unspecified atom stereocenters. The molecule has 3 rings (SSSR count). The van der Waals surface area contributed by atoms with Crippen LogP contribution in [0.4, 0.5) is 0 Å². The molecule has 0 saturated heterocycles. The Hall–Kier alpha value is -2.67. The molecule has 0 fully saturated rings. The second kappa shape index (κ2) is 7.75. The molecule has 0 saturated carbocycles. The van der Waals surface area contributed by atoms with Gasteiger partial charge in [0.2, 0.25) is 5.78 Å². The molecule has 3 aromatic carbocycles. The van der Waals surface area contributed by atoms with E-state index in [9.17, 15) is 28.0 Å². The van der Waals surface area contributed by atoms with Crippen molar-refractivity contribution >= 4 is 38.7 Å². The number of rotatable bonds is 6. The zero-order valence-corrected chi connectivity index (χ0v) is 15.4. The van der Waals surface area contributed by atoms with Crippen LogP contribution in [0.2, 0.25) is 0 Å². The summed E-state index contributed by atoms with van der Waals surface area (Å²) >= 11 is 0.615. The second-order valence-electron chi connectivity index (χ2n) is 5.56. The maximum atomic E-state index is 12.8. The highest BCUT2D eigenvalue weighted by molar-refractivity contribution is 7.94. The largest absolute Gasteiger partial charge is 0.507 e. The molecule has 146 valence electrons. The van der Waals surface area contributed by atoms with Gasteiger partial charge in [0.1, 0.15) is 22.0 Å². The highest BCUT2D eigenvalue weighted by Gasteiger charge is 2.23. The van der Waals surface area contributed by atoms with Gasteiger partial charge in [0.05, 0.1) is 12.0 Å². The Labute approximate surface area is 162 Å². The highest BCUT2D eigenvalue weighted by atomic mass is 32.2. The smallest absolute Gasteiger partial charge is 0.295 e. The van der Waals surface area contributed by atoms with Gasteiger partial charge < -0.3 is 10.2 Å². The van der Waals surface area contributed by atoms with Crippen molar-refractivity contribution in [3.63, 3.8) is 0 Å². The summed E-state index contributed by atoms with van der Waals surface area (Å²) in [5, 5.41) is 31.9. The summed E-state index contributed by atoms with van der Waals surface area (Å²) in [6.45, 7) is 0. The zero-order valence-electron chi connectivity index (χ0n) is 13.8. The number of benzene rings is 3. The van der Waals surface area contributed by atoms with Gasteiger partial charge in [-0.05, 0) is 41.8 Å². The van der Waals surface area contributed by atoms with E-state index in [1.54, 1.807) is 0 Å². The average molecular weight is 424 g/mol. The third-order valence-corrected chi connectivity index (χ3v) is 5.30. The first-order valence-electron chi connectivity index (χ1n) is 7.48. The van der Waals surface area contributed by atoms with Crippen molar-refractivity contribution in [2.75, 3.05) is 0 Å². The van der Waals surface area contributed by atoms with E-state index in [1.807, 2.05) is 0 Å². The SMILES string of the molecule is O=C(c1cc(S(=O)(=O)O)c2ccc(SOOO)cc2c1)c1c(O)cccc1O. The summed E-state index contributed by atoms with van der Waals surface area (Å²) in [4.78, 5) is 12.6. The fourth-order valence-electron chi connectivity index (χ4n) is 2.67. The number of hydrogen-bond acceptors (Lipinski definition) is 9. The topological polar surface area (TPSA) is 151 Å². The van der Waals surface area contributed by atoms with Crippen LogP contribution < -0.4 is 0 Å². The van der Waals surface area contributed by atoms with Crippen molar-refractivity contribution in [2.24, 2.45) is 0 Å². The summed E-state index contributed by atoms with van der Waals surface area (Å²) in [6, 6.07) is 10.2. The number of carbonyl (C=O) groups is 1. The van der Waals surface area contributed by atoms with Crippen molar-refractivity contribution in [3.8, 4) is 11.5 Å². The van der Waals surface area contributed by atoms with E-state index in [0.717, 1.165) is 6.07 Å². The summed E-state index contributed by atoms with van der Waals surface area (Å²) in [5.41, 5.74) is -0.607. The first kappa shape index (κ1) is 20.1. The van der Waals surface area contributed by atoms with Crippen molar-refractivity contribution in [1.82, 2.24) is 0 Å². The van der Waals surface area contributed by atoms with E-state index in [0.29, 0.717) is 16.9 Å².